The van der Waals surface area contributed by atoms with Crippen LogP contribution in [0.3, 0.4) is 0 Å². The lowest BCUT2D eigenvalue weighted by molar-refractivity contribution is -0.114. The van der Waals surface area contributed by atoms with E-state index in [2.05, 4.69) is 10.6 Å². The second kappa shape index (κ2) is 8.39. The van der Waals surface area contributed by atoms with Crippen LogP contribution in [0.4, 0.5) is 11.4 Å². The standard InChI is InChI=1S/C24H23N3O4/c1-27(2)24(29)15-7-6-8-16(11-15)26-23(28)14-25-19-13-21-18(12-22(19)30-3)17-9-4-5-10-20(17)31-21/h4-13,25H,14H2,1-3H3,(H,26,28). The van der Waals surface area contributed by atoms with E-state index in [9.17, 15) is 9.59 Å². The lowest BCUT2D eigenvalue weighted by atomic mass is 10.1. The van der Waals surface area contributed by atoms with E-state index >= 15 is 0 Å². The molecular formula is C24H23N3O4. The zero-order valence-electron chi connectivity index (χ0n) is 17.6. The Bertz CT molecular complexity index is 1280. The number of hydrogen-bond donors (Lipinski definition) is 2. The third-order valence-electron chi connectivity index (χ3n) is 4.94. The van der Waals surface area contributed by atoms with Gasteiger partial charge in [-0.1, -0.05) is 24.3 Å². The van der Waals surface area contributed by atoms with Crippen molar-refractivity contribution in [2.75, 3.05) is 38.4 Å². The molecule has 31 heavy (non-hydrogen) atoms. The number of methoxy groups -OCH3 is 1. The lowest BCUT2D eigenvalue weighted by Gasteiger charge is -2.13. The first-order valence-electron chi connectivity index (χ1n) is 9.81. The number of para-hydroxylation sites is 1. The van der Waals surface area contributed by atoms with Crippen molar-refractivity contribution >= 4 is 45.1 Å². The Morgan fingerprint density at radius 1 is 0.968 bits per heavy atom. The summed E-state index contributed by atoms with van der Waals surface area (Å²) in [5.41, 5.74) is 3.22. The van der Waals surface area contributed by atoms with Crippen LogP contribution in [0.25, 0.3) is 21.9 Å². The molecule has 3 aromatic carbocycles. The molecule has 2 N–H and O–H groups in total. The van der Waals surface area contributed by atoms with Gasteiger partial charge in [0, 0.05) is 42.2 Å². The van der Waals surface area contributed by atoms with Crippen LogP contribution < -0.4 is 15.4 Å². The minimum atomic E-state index is -0.249. The van der Waals surface area contributed by atoms with Crippen LogP contribution in [0.5, 0.6) is 5.75 Å². The van der Waals surface area contributed by atoms with E-state index in [1.807, 2.05) is 36.4 Å². The highest BCUT2D eigenvalue weighted by Gasteiger charge is 2.14. The molecule has 0 aliphatic carbocycles. The molecule has 0 fully saturated rings. The summed E-state index contributed by atoms with van der Waals surface area (Å²) in [6.45, 7) is 0.0218. The van der Waals surface area contributed by atoms with E-state index in [1.165, 1.54) is 4.90 Å². The third-order valence-corrected chi connectivity index (χ3v) is 4.94. The summed E-state index contributed by atoms with van der Waals surface area (Å²) < 4.78 is 11.4. The zero-order chi connectivity index (χ0) is 22.0. The highest BCUT2D eigenvalue weighted by molar-refractivity contribution is 6.07. The summed E-state index contributed by atoms with van der Waals surface area (Å²) in [5.74, 6) is 0.240. The van der Waals surface area contributed by atoms with Gasteiger partial charge in [-0.2, -0.15) is 0 Å². The number of nitrogens with zero attached hydrogens (tertiary/aromatic N) is 1. The Hall–Kier alpha value is -4.00. The molecule has 1 heterocycles. The highest BCUT2D eigenvalue weighted by atomic mass is 16.5. The average Bonchev–Trinajstić information content (AvgIpc) is 3.14. The van der Waals surface area contributed by atoms with Gasteiger partial charge < -0.3 is 24.7 Å². The number of benzene rings is 3. The monoisotopic (exact) mass is 417 g/mol. The quantitative estimate of drug-likeness (QED) is 0.487. The molecule has 0 bridgehead atoms. The average molecular weight is 417 g/mol. The number of carbonyl (C=O) groups is 2. The Morgan fingerprint density at radius 2 is 1.77 bits per heavy atom. The van der Waals surface area contributed by atoms with Gasteiger partial charge in [-0.15, -0.1) is 0 Å². The van der Waals surface area contributed by atoms with Crippen molar-refractivity contribution in [1.82, 2.24) is 4.90 Å². The summed E-state index contributed by atoms with van der Waals surface area (Å²) >= 11 is 0. The molecule has 158 valence electrons. The zero-order valence-corrected chi connectivity index (χ0v) is 17.6. The van der Waals surface area contributed by atoms with E-state index in [1.54, 1.807) is 45.5 Å². The van der Waals surface area contributed by atoms with Crippen LogP contribution >= 0.6 is 0 Å². The van der Waals surface area contributed by atoms with Crippen molar-refractivity contribution in [3.8, 4) is 5.75 Å². The molecule has 2 amide bonds. The Kier molecular flexibility index (Phi) is 5.49. The predicted molar refractivity (Wildman–Crippen MR) is 122 cm³/mol. The minimum absolute atomic E-state index is 0.0218. The van der Waals surface area contributed by atoms with Gasteiger partial charge >= 0.3 is 0 Å². The molecular weight excluding hydrogens is 394 g/mol. The van der Waals surface area contributed by atoms with Gasteiger partial charge in [0.15, 0.2) is 0 Å². The summed E-state index contributed by atoms with van der Waals surface area (Å²) in [7, 11) is 4.95. The van der Waals surface area contributed by atoms with E-state index in [0.29, 0.717) is 28.3 Å². The maximum absolute atomic E-state index is 12.5. The van der Waals surface area contributed by atoms with Gasteiger partial charge in [-0.3, -0.25) is 9.59 Å². The van der Waals surface area contributed by atoms with Gasteiger partial charge in [0.25, 0.3) is 5.91 Å². The first kappa shape index (κ1) is 20.3. The third kappa shape index (κ3) is 4.16. The summed E-state index contributed by atoms with van der Waals surface area (Å²) in [5, 5.41) is 7.87. The molecule has 4 aromatic rings. The highest BCUT2D eigenvalue weighted by Crippen LogP contribution is 2.36. The molecule has 0 aliphatic rings. The van der Waals surface area contributed by atoms with E-state index in [-0.39, 0.29) is 18.4 Å². The van der Waals surface area contributed by atoms with Crippen molar-refractivity contribution < 1.29 is 18.7 Å². The largest absolute Gasteiger partial charge is 0.495 e. The first-order valence-corrected chi connectivity index (χ1v) is 9.81. The van der Waals surface area contributed by atoms with Crippen molar-refractivity contribution in [2.45, 2.75) is 0 Å². The van der Waals surface area contributed by atoms with Crippen LogP contribution in [0.15, 0.2) is 65.1 Å². The lowest BCUT2D eigenvalue weighted by Crippen LogP contribution is -2.23. The second-order valence-electron chi connectivity index (χ2n) is 7.33. The molecule has 0 atom stereocenters. The number of rotatable bonds is 6. The fourth-order valence-corrected chi connectivity index (χ4v) is 3.43. The molecule has 0 saturated heterocycles. The fourth-order valence-electron chi connectivity index (χ4n) is 3.43. The first-order chi connectivity index (χ1) is 15.0. The molecule has 7 heteroatoms. The molecule has 4 rings (SSSR count). The van der Waals surface area contributed by atoms with E-state index in [0.717, 1.165) is 16.4 Å². The topological polar surface area (TPSA) is 83.8 Å². The Morgan fingerprint density at radius 3 is 2.55 bits per heavy atom. The molecule has 0 aliphatic heterocycles. The number of anilines is 2. The number of amides is 2. The van der Waals surface area contributed by atoms with Gasteiger partial charge in [0.1, 0.15) is 16.9 Å². The summed E-state index contributed by atoms with van der Waals surface area (Å²) in [6, 6.07) is 18.4. The maximum Gasteiger partial charge on any atom is 0.253 e. The number of hydrogen-bond acceptors (Lipinski definition) is 5. The molecule has 0 radical (unpaired) electrons. The number of nitrogens with one attached hydrogen (secondary N) is 2. The molecule has 7 nitrogen and oxygen atoms in total. The molecule has 0 unspecified atom stereocenters. The van der Waals surface area contributed by atoms with Gasteiger partial charge in [-0.05, 0) is 30.3 Å². The van der Waals surface area contributed by atoms with E-state index < -0.39 is 0 Å². The van der Waals surface area contributed by atoms with Crippen molar-refractivity contribution in [3.63, 3.8) is 0 Å². The summed E-state index contributed by atoms with van der Waals surface area (Å²) in [4.78, 5) is 26.1. The molecule has 0 spiro atoms. The summed E-state index contributed by atoms with van der Waals surface area (Å²) in [6.07, 6.45) is 0. The van der Waals surface area contributed by atoms with Crippen molar-refractivity contribution in [3.05, 3.63) is 66.2 Å². The maximum atomic E-state index is 12.5. The minimum Gasteiger partial charge on any atom is -0.495 e. The number of carbonyl (C=O) groups excluding carboxylic acids is 2. The van der Waals surface area contributed by atoms with Crippen LogP contribution in [0, 0.1) is 0 Å². The smallest absolute Gasteiger partial charge is 0.253 e. The van der Waals surface area contributed by atoms with Gasteiger partial charge in [0.05, 0.1) is 19.3 Å². The Labute approximate surface area is 179 Å². The molecule has 0 saturated carbocycles. The molecule has 1 aromatic heterocycles. The SMILES string of the molecule is COc1cc2c(cc1NCC(=O)Nc1cccc(C(=O)N(C)C)c1)oc1ccccc12. The fraction of sp³-hybridized carbons (Fsp3) is 0.167. The number of fused-ring (bicyclic) bond motifs is 3. The van der Waals surface area contributed by atoms with Gasteiger partial charge in [-0.25, -0.2) is 0 Å². The Balaban J connectivity index is 1.50. The number of ether oxygens (including phenoxy) is 1. The van der Waals surface area contributed by atoms with Crippen molar-refractivity contribution in [1.29, 1.82) is 0 Å². The number of furan rings is 1. The van der Waals surface area contributed by atoms with Crippen LogP contribution in [-0.2, 0) is 4.79 Å². The normalized spacial score (nSPS) is 10.8. The van der Waals surface area contributed by atoms with E-state index in [4.69, 9.17) is 9.15 Å². The van der Waals surface area contributed by atoms with Gasteiger partial charge in [0.2, 0.25) is 5.91 Å². The predicted octanol–water partition coefficient (Wildman–Crippen LogP) is 4.35. The second-order valence-corrected chi connectivity index (χ2v) is 7.33. The van der Waals surface area contributed by atoms with Crippen LogP contribution in [0.1, 0.15) is 10.4 Å². The van der Waals surface area contributed by atoms with Crippen molar-refractivity contribution in [2.24, 2.45) is 0 Å². The van der Waals surface area contributed by atoms with Crippen LogP contribution in [0.2, 0.25) is 0 Å². The van der Waals surface area contributed by atoms with Crippen LogP contribution in [-0.4, -0.2) is 44.5 Å².